The van der Waals surface area contributed by atoms with Crippen LogP contribution in [0.15, 0.2) is 67.8 Å². The van der Waals surface area contributed by atoms with Gasteiger partial charge in [-0.05, 0) is 44.2 Å². The number of anilines is 3. The zero-order chi connectivity index (χ0) is 27.9. The van der Waals surface area contributed by atoms with Gasteiger partial charge in [0, 0.05) is 49.7 Å². The van der Waals surface area contributed by atoms with Crippen molar-refractivity contribution in [3.8, 4) is 0 Å². The van der Waals surface area contributed by atoms with Gasteiger partial charge in [-0.25, -0.2) is 14.4 Å². The van der Waals surface area contributed by atoms with Crippen LogP contribution in [-0.2, 0) is 4.79 Å². The van der Waals surface area contributed by atoms with Gasteiger partial charge in [-0.2, -0.15) is 4.98 Å². The molecule has 0 spiro atoms. The van der Waals surface area contributed by atoms with Gasteiger partial charge >= 0.3 is 0 Å². The lowest BCUT2D eigenvalue weighted by atomic mass is 10.1. The van der Waals surface area contributed by atoms with Gasteiger partial charge in [0.15, 0.2) is 11.5 Å². The second kappa shape index (κ2) is 12.5. The molecule has 1 amide bonds. The van der Waals surface area contributed by atoms with E-state index < -0.39 is 0 Å². The normalized spacial score (nSPS) is 14.9. The monoisotopic (exact) mass is 532 g/mol. The molecule has 0 saturated carbocycles. The quantitative estimate of drug-likeness (QED) is 0.269. The number of benzene rings is 1. The van der Waals surface area contributed by atoms with Crippen molar-refractivity contribution in [2.24, 2.45) is 0 Å². The Kier molecular flexibility index (Phi) is 8.84. The molecular formula is C28H33FN8O2. The first-order valence-corrected chi connectivity index (χ1v) is 12.7. The third-order valence-corrected chi connectivity index (χ3v) is 6.58. The third kappa shape index (κ3) is 6.21. The molecule has 1 fully saturated rings. The second-order valence-corrected chi connectivity index (χ2v) is 8.98. The summed E-state index contributed by atoms with van der Waals surface area (Å²) in [5.74, 6) is -0.494. The lowest BCUT2D eigenvalue weighted by Gasteiger charge is -2.36. The van der Waals surface area contributed by atoms with Crippen LogP contribution < -0.4 is 15.5 Å². The molecule has 3 N–H and O–H groups in total. The molecule has 0 aliphatic carbocycles. The van der Waals surface area contributed by atoms with E-state index in [1.165, 1.54) is 6.08 Å². The van der Waals surface area contributed by atoms with Crippen LogP contribution in [0.3, 0.4) is 0 Å². The molecule has 1 aliphatic heterocycles. The van der Waals surface area contributed by atoms with Crippen molar-refractivity contribution < 1.29 is 14.3 Å². The van der Waals surface area contributed by atoms with Gasteiger partial charge in [0.2, 0.25) is 11.9 Å². The minimum Gasteiger partial charge on any atom is -0.395 e. The summed E-state index contributed by atoms with van der Waals surface area (Å²) in [6.45, 7) is 14.9. The molecule has 10 nitrogen and oxygen atoms in total. The van der Waals surface area contributed by atoms with Crippen LogP contribution in [0.2, 0.25) is 0 Å². The number of aromatic nitrogens is 4. The van der Waals surface area contributed by atoms with Gasteiger partial charge in [-0.1, -0.05) is 19.2 Å². The van der Waals surface area contributed by atoms with Crippen LogP contribution >= 0.6 is 0 Å². The molecule has 39 heavy (non-hydrogen) atoms. The molecule has 3 heterocycles. The fourth-order valence-corrected chi connectivity index (χ4v) is 4.42. The topological polar surface area (TPSA) is 111 Å². The number of imidazole rings is 1. The van der Waals surface area contributed by atoms with E-state index in [9.17, 15) is 4.79 Å². The first-order chi connectivity index (χ1) is 18.9. The molecule has 1 aromatic carbocycles. The zero-order valence-corrected chi connectivity index (χ0v) is 22.2. The van der Waals surface area contributed by atoms with E-state index >= 15 is 4.39 Å². The molecular weight excluding hydrogens is 499 g/mol. The standard InChI is InChI=1S/C28H33FN8O2/c1-5-20(32-25(39)7-3)16-21(6-2)37-18-31-23-17-30-28(34-27(23)37)33-22-8-9-24(19(4)26(22)29)36-12-10-35(11-13-36)14-15-38/h5-9,16-18,38H,2-3,10-15H2,1,4H3,(H,32,39)(H,30,33,34)/b20-5+,21-16+. The number of nitrogens with zero attached hydrogens (tertiary/aromatic N) is 6. The number of piperazine rings is 1. The predicted octanol–water partition coefficient (Wildman–Crippen LogP) is 3.36. The predicted molar refractivity (Wildman–Crippen MR) is 152 cm³/mol. The Morgan fingerprint density at radius 2 is 1.95 bits per heavy atom. The number of rotatable bonds is 10. The van der Waals surface area contributed by atoms with Crippen LogP contribution in [0.25, 0.3) is 16.9 Å². The molecule has 204 valence electrons. The summed E-state index contributed by atoms with van der Waals surface area (Å²) < 4.78 is 17.2. The molecule has 2 aromatic heterocycles. The summed E-state index contributed by atoms with van der Waals surface area (Å²) in [4.78, 5) is 29.4. The summed E-state index contributed by atoms with van der Waals surface area (Å²) in [6.07, 6.45) is 9.43. The lowest BCUT2D eigenvalue weighted by molar-refractivity contribution is -0.115. The van der Waals surface area contributed by atoms with E-state index in [4.69, 9.17) is 5.11 Å². The van der Waals surface area contributed by atoms with E-state index in [1.807, 2.05) is 6.07 Å². The van der Waals surface area contributed by atoms with Gasteiger partial charge in [0.25, 0.3) is 0 Å². The number of β-amino-alcohol motifs (C(OH)–C–C–N with tert-alkyl or cyclic N) is 1. The second-order valence-electron chi connectivity index (χ2n) is 8.98. The first-order valence-electron chi connectivity index (χ1n) is 12.7. The Hall–Kier alpha value is -4.35. The molecule has 11 heteroatoms. The summed E-state index contributed by atoms with van der Waals surface area (Å²) in [7, 11) is 0. The van der Waals surface area contributed by atoms with Crippen molar-refractivity contribution in [3.05, 3.63) is 79.2 Å². The average Bonchev–Trinajstić information content (AvgIpc) is 3.37. The number of hydrogen-bond donors (Lipinski definition) is 3. The fraction of sp³-hybridized carbons (Fsp3) is 0.286. The maximum Gasteiger partial charge on any atom is 0.247 e. The first kappa shape index (κ1) is 27.7. The minimum absolute atomic E-state index is 0.138. The summed E-state index contributed by atoms with van der Waals surface area (Å²) in [5.41, 5.74) is 3.85. The Labute approximate surface area is 226 Å². The Morgan fingerprint density at radius 1 is 1.18 bits per heavy atom. The van der Waals surface area contributed by atoms with Crippen molar-refractivity contribution in [1.82, 2.24) is 29.7 Å². The summed E-state index contributed by atoms with van der Waals surface area (Å²) in [5, 5.41) is 14.9. The number of hydrogen-bond acceptors (Lipinski definition) is 8. The van der Waals surface area contributed by atoms with Gasteiger partial charge in [0.05, 0.1) is 24.2 Å². The molecule has 3 aromatic rings. The molecule has 1 aliphatic rings. The molecule has 0 radical (unpaired) electrons. The highest BCUT2D eigenvalue weighted by molar-refractivity contribution is 5.89. The lowest BCUT2D eigenvalue weighted by Crippen LogP contribution is -2.47. The van der Waals surface area contributed by atoms with Crippen molar-refractivity contribution in [2.45, 2.75) is 13.8 Å². The highest BCUT2D eigenvalue weighted by atomic mass is 19.1. The largest absolute Gasteiger partial charge is 0.395 e. The van der Waals surface area contributed by atoms with Gasteiger partial charge in [-0.15, -0.1) is 0 Å². The SMILES string of the molecule is C=CC(=O)NC(=C/C)/C=C(\C=C)n1cnc2cnc(Nc3ccc(N4CCN(CCO)CC4)c(C)c3F)nc21. The van der Waals surface area contributed by atoms with E-state index in [2.05, 4.69) is 48.5 Å². The summed E-state index contributed by atoms with van der Waals surface area (Å²) in [6, 6.07) is 3.60. The number of nitrogens with one attached hydrogen (secondary N) is 2. The number of allylic oxidation sites excluding steroid dienone is 4. The molecule has 0 bridgehead atoms. The van der Waals surface area contributed by atoms with Gasteiger partial charge < -0.3 is 20.6 Å². The zero-order valence-electron chi connectivity index (χ0n) is 22.2. The maximum atomic E-state index is 15.5. The van der Waals surface area contributed by atoms with Crippen molar-refractivity contribution in [3.63, 3.8) is 0 Å². The maximum absolute atomic E-state index is 15.5. The molecule has 0 unspecified atom stereocenters. The number of aliphatic hydroxyl groups excluding tert-OH is 1. The Balaban J connectivity index is 1.58. The Morgan fingerprint density at radius 3 is 2.62 bits per heavy atom. The number of amides is 1. The number of fused-ring (bicyclic) bond motifs is 1. The number of carbonyl (C=O) groups is 1. The van der Waals surface area contributed by atoms with E-state index in [0.29, 0.717) is 34.7 Å². The highest BCUT2D eigenvalue weighted by Gasteiger charge is 2.21. The van der Waals surface area contributed by atoms with Gasteiger partial charge in [-0.3, -0.25) is 14.3 Å². The van der Waals surface area contributed by atoms with Crippen molar-refractivity contribution in [2.75, 3.05) is 49.5 Å². The van der Waals surface area contributed by atoms with Crippen LogP contribution in [0.1, 0.15) is 12.5 Å². The van der Waals surface area contributed by atoms with Crippen LogP contribution in [0.5, 0.6) is 0 Å². The van der Waals surface area contributed by atoms with Crippen LogP contribution in [0.4, 0.5) is 21.7 Å². The van der Waals surface area contributed by atoms with Crippen molar-refractivity contribution >= 4 is 40.1 Å². The molecule has 0 atom stereocenters. The third-order valence-electron chi connectivity index (χ3n) is 6.58. The van der Waals surface area contributed by atoms with E-state index in [-0.39, 0.29) is 30.0 Å². The molecule has 1 saturated heterocycles. The van der Waals surface area contributed by atoms with Crippen LogP contribution in [0, 0.1) is 12.7 Å². The number of carbonyl (C=O) groups excluding carboxylic acids is 1. The van der Waals surface area contributed by atoms with Gasteiger partial charge in [0.1, 0.15) is 11.8 Å². The highest BCUT2D eigenvalue weighted by Crippen LogP contribution is 2.30. The summed E-state index contributed by atoms with van der Waals surface area (Å²) >= 11 is 0. The number of aliphatic hydroxyl groups is 1. The molecule has 4 rings (SSSR count). The smallest absolute Gasteiger partial charge is 0.247 e. The Bertz CT molecular complexity index is 1440. The van der Waals surface area contributed by atoms with Crippen molar-refractivity contribution in [1.29, 1.82) is 0 Å². The fourth-order valence-electron chi connectivity index (χ4n) is 4.42. The average molecular weight is 533 g/mol. The minimum atomic E-state index is -0.371. The number of halogens is 1. The van der Waals surface area contributed by atoms with E-state index in [0.717, 1.165) is 31.9 Å². The van der Waals surface area contributed by atoms with E-state index in [1.54, 1.807) is 55.2 Å². The van der Waals surface area contributed by atoms with Crippen LogP contribution in [-0.4, -0.2) is 74.8 Å².